The van der Waals surface area contributed by atoms with Gasteiger partial charge in [0.05, 0.1) is 17.0 Å². The third-order valence-electron chi connectivity index (χ3n) is 5.67. The minimum absolute atomic E-state index is 0.0386. The quantitative estimate of drug-likeness (QED) is 0.472. The number of amides is 2. The second-order valence-electron chi connectivity index (χ2n) is 8.29. The van der Waals surface area contributed by atoms with Gasteiger partial charge in [0.15, 0.2) is 0 Å². The lowest BCUT2D eigenvalue weighted by molar-refractivity contribution is -0.139. The van der Waals surface area contributed by atoms with E-state index >= 15 is 0 Å². The van der Waals surface area contributed by atoms with Gasteiger partial charge in [-0.25, -0.2) is 8.42 Å². The van der Waals surface area contributed by atoms with Crippen molar-refractivity contribution >= 4 is 39.1 Å². The zero-order valence-electron chi connectivity index (χ0n) is 20.2. The molecule has 0 spiro atoms. The summed E-state index contributed by atoms with van der Waals surface area (Å²) in [5.74, 6) is -0.714. The van der Waals surface area contributed by atoms with E-state index in [1.165, 1.54) is 4.90 Å². The molecule has 7 nitrogen and oxygen atoms in total. The minimum Gasteiger partial charge on any atom is -0.352 e. The van der Waals surface area contributed by atoms with Crippen LogP contribution in [0.15, 0.2) is 54.6 Å². The predicted octanol–water partition coefficient (Wildman–Crippen LogP) is 3.87. The van der Waals surface area contributed by atoms with Crippen molar-refractivity contribution in [2.45, 2.75) is 52.1 Å². The molecule has 1 N–H and O–H groups in total. The number of rotatable bonds is 12. The normalized spacial score (nSPS) is 13.1. The second kappa shape index (κ2) is 12.8. The topological polar surface area (TPSA) is 86.8 Å². The standard InChI is InChI=1S/C25H34ClN3O4S/c1-5-19(3)27-25(31)22(6-2)28(17-16-20-12-8-7-9-13-20)24(30)18-29(34(4,32)33)23-15-11-10-14-21(23)26/h7-15,19,22H,5-6,16-18H2,1-4H3,(H,27,31)/t19-,22-/m1/s1. The Kier molecular flexibility index (Phi) is 10.4. The number of nitrogens with one attached hydrogen (secondary N) is 1. The van der Waals surface area contributed by atoms with E-state index in [0.717, 1.165) is 22.5 Å². The van der Waals surface area contributed by atoms with Crippen molar-refractivity contribution in [2.24, 2.45) is 0 Å². The summed E-state index contributed by atoms with van der Waals surface area (Å²) >= 11 is 6.25. The molecular formula is C25H34ClN3O4S. The van der Waals surface area contributed by atoms with E-state index in [-0.39, 0.29) is 29.2 Å². The Hall–Kier alpha value is -2.58. The van der Waals surface area contributed by atoms with Gasteiger partial charge in [-0.3, -0.25) is 13.9 Å². The molecule has 0 aliphatic heterocycles. The first kappa shape index (κ1) is 27.7. The molecule has 0 radical (unpaired) electrons. The van der Waals surface area contributed by atoms with Crippen LogP contribution in [0.1, 0.15) is 39.2 Å². The third kappa shape index (κ3) is 7.74. The maximum Gasteiger partial charge on any atom is 0.244 e. The van der Waals surface area contributed by atoms with Crippen molar-refractivity contribution in [1.82, 2.24) is 10.2 Å². The van der Waals surface area contributed by atoms with Crippen LogP contribution in [0.2, 0.25) is 5.02 Å². The van der Waals surface area contributed by atoms with Crippen molar-refractivity contribution in [3.8, 4) is 0 Å². The van der Waals surface area contributed by atoms with Gasteiger partial charge < -0.3 is 10.2 Å². The number of nitrogens with zero attached hydrogens (tertiary/aromatic N) is 2. The van der Waals surface area contributed by atoms with Crippen LogP contribution in [0.4, 0.5) is 5.69 Å². The predicted molar refractivity (Wildman–Crippen MR) is 137 cm³/mol. The molecule has 0 saturated heterocycles. The lowest BCUT2D eigenvalue weighted by atomic mass is 10.1. The minimum atomic E-state index is -3.81. The van der Waals surface area contributed by atoms with Gasteiger partial charge in [0.25, 0.3) is 0 Å². The molecule has 2 aromatic rings. The van der Waals surface area contributed by atoms with Crippen molar-refractivity contribution in [1.29, 1.82) is 0 Å². The van der Waals surface area contributed by atoms with Crippen LogP contribution >= 0.6 is 11.6 Å². The summed E-state index contributed by atoms with van der Waals surface area (Å²) in [5, 5.41) is 3.17. The first-order valence-electron chi connectivity index (χ1n) is 11.4. The lowest BCUT2D eigenvalue weighted by Gasteiger charge is -2.33. The number of benzene rings is 2. The van der Waals surface area contributed by atoms with E-state index in [2.05, 4.69) is 5.32 Å². The Morgan fingerprint density at radius 1 is 1.00 bits per heavy atom. The van der Waals surface area contributed by atoms with Crippen LogP contribution in [-0.4, -0.2) is 56.6 Å². The average Bonchev–Trinajstić information content (AvgIpc) is 2.80. The first-order valence-corrected chi connectivity index (χ1v) is 13.7. The maximum absolute atomic E-state index is 13.6. The number of anilines is 1. The van der Waals surface area contributed by atoms with Gasteiger partial charge in [-0.1, -0.05) is 67.9 Å². The van der Waals surface area contributed by atoms with Gasteiger partial charge in [0.1, 0.15) is 12.6 Å². The fraction of sp³-hybridized carbons (Fsp3) is 0.440. The fourth-order valence-electron chi connectivity index (χ4n) is 3.59. The summed E-state index contributed by atoms with van der Waals surface area (Å²) < 4.78 is 26.2. The highest BCUT2D eigenvalue weighted by Gasteiger charge is 2.32. The molecule has 2 aromatic carbocycles. The van der Waals surface area contributed by atoms with Crippen LogP contribution in [0.3, 0.4) is 0 Å². The van der Waals surface area contributed by atoms with Gasteiger partial charge in [0.2, 0.25) is 21.8 Å². The molecule has 0 saturated carbocycles. The summed E-state index contributed by atoms with van der Waals surface area (Å²) in [4.78, 5) is 28.1. The van der Waals surface area contributed by atoms with E-state index in [1.54, 1.807) is 24.3 Å². The van der Waals surface area contributed by atoms with Crippen molar-refractivity contribution < 1.29 is 18.0 Å². The molecule has 0 aromatic heterocycles. The summed E-state index contributed by atoms with van der Waals surface area (Å²) in [5.41, 5.74) is 1.24. The molecule has 0 unspecified atom stereocenters. The van der Waals surface area contributed by atoms with E-state index in [0.29, 0.717) is 12.8 Å². The molecule has 2 rings (SSSR count). The van der Waals surface area contributed by atoms with Crippen LogP contribution in [0.25, 0.3) is 0 Å². The third-order valence-corrected chi connectivity index (χ3v) is 7.12. The number of hydrogen-bond acceptors (Lipinski definition) is 4. The van der Waals surface area contributed by atoms with E-state index in [9.17, 15) is 18.0 Å². The van der Waals surface area contributed by atoms with Gasteiger partial charge in [-0.05, 0) is 43.9 Å². The van der Waals surface area contributed by atoms with Crippen molar-refractivity contribution in [3.63, 3.8) is 0 Å². The lowest BCUT2D eigenvalue weighted by Crippen LogP contribution is -2.54. The smallest absolute Gasteiger partial charge is 0.244 e. The molecule has 186 valence electrons. The zero-order valence-corrected chi connectivity index (χ0v) is 21.8. The molecule has 0 aliphatic carbocycles. The molecule has 2 atom stereocenters. The number of carbonyl (C=O) groups excluding carboxylic acids is 2. The highest BCUT2D eigenvalue weighted by atomic mass is 35.5. The average molecular weight is 508 g/mol. The molecular weight excluding hydrogens is 474 g/mol. The molecule has 0 heterocycles. The number of halogens is 1. The Balaban J connectivity index is 2.37. The van der Waals surface area contributed by atoms with Crippen LogP contribution in [0.5, 0.6) is 0 Å². The number of para-hydroxylation sites is 1. The molecule has 2 amide bonds. The zero-order chi connectivity index (χ0) is 25.3. The SMILES string of the molecule is CC[C@@H](C)NC(=O)[C@@H](CC)N(CCc1ccccc1)C(=O)CN(c1ccccc1Cl)S(C)(=O)=O. The van der Waals surface area contributed by atoms with Crippen molar-refractivity contribution in [3.05, 3.63) is 65.2 Å². The molecule has 9 heteroatoms. The van der Waals surface area contributed by atoms with Crippen LogP contribution in [0, 0.1) is 0 Å². The number of carbonyl (C=O) groups is 2. The Morgan fingerprint density at radius 2 is 1.62 bits per heavy atom. The first-order chi connectivity index (χ1) is 16.1. The van der Waals surface area contributed by atoms with Crippen molar-refractivity contribution in [2.75, 3.05) is 23.7 Å². The van der Waals surface area contributed by atoms with Gasteiger partial charge in [0, 0.05) is 12.6 Å². The Morgan fingerprint density at radius 3 is 2.18 bits per heavy atom. The van der Waals surface area contributed by atoms with Crippen LogP contribution < -0.4 is 9.62 Å². The molecule has 34 heavy (non-hydrogen) atoms. The number of hydrogen-bond donors (Lipinski definition) is 1. The van der Waals surface area contributed by atoms with E-state index in [1.807, 2.05) is 51.1 Å². The van der Waals surface area contributed by atoms with Gasteiger partial charge in [-0.15, -0.1) is 0 Å². The van der Waals surface area contributed by atoms with Gasteiger partial charge >= 0.3 is 0 Å². The second-order valence-corrected chi connectivity index (χ2v) is 10.6. The number of sulfonamides is 1. The highest BCUT2D eigenvalue weighted by molar-refractivity contribution is 7.92. The summed E-state index contributed by atoms with van der Waals surface area (Å²) in [7, 11) is -3.81. The van der Waals surface area contributed by atoms with E-state index < -0.39 is 28.5 Å². The molecule has 0 bridgehead atoms. The summed E-state index contributed by atoms with van der Waals surface area (Å²) in [6.45, 7) is 5.53. The fourth-order valence-corrected chi connectivity index (χ4v) is 4.74. The Bertz CT molecular complexity index is 1060. The van der Waals surface area contributed by atoms with E-state index in [4.69, 9.17) is 11.6 Å². The largest absolute Gasteiger partial charge is 0.352 e. The summed E-state index contributed by atoms with van der Waals surface area (Å²) in [6, 6.07) is 15.4. The highest BCUT2D eigenvalue weighted by Crippen LogP contribution is 2.27. The molecule has 0 aliphatic rings. The van der Waals surface area contributed by atoms with Gasteiger partial charge in [-0.2, -0.15) is 0 Å². The molecule has 0 fully saturated rings. The Labute approximate surface area is 208 Å². The summed E-state index contributed by atoms with van der Waals surface area (Å²) in [6.07, 6.45) is 2.72. The monoisotopic (exact) mass is 507 g/mol. The maximum atomic E-state index is 13.6. The van der Waals surface area contributed by atoms with Crippen LogP contribution in [-0.2, 0) is 26.0 Å².